The number of benzene rings is 1. The Morgan fingerprint density at radius 3 is 3.00 bits per heavy atom. The van der Waals surface area contributed by atoms with Crippen LogP contribution in [-0.4, -0.2) is 15.4 Å². The Morgan fingerprint density at radius 2 is 2.31 bits per heavy atom. The molecule has 0 atom stereocenters. The van der Waals surface area contributed by atoms with E-state index in [1.165, 1.54) is 0 Å². The first-order chi connectivity index (χ1) is 7.79. The van der Waals surface area contributed by atoms with Gasteiger partial charge >= 0.3 is 0 Å². The fourth-order valence-electron chi connectivity index (χ4n) is 1.22. The Balaban J connectivity index is 2.15. The van der Waals surface area contributed by atoms with Gasteiger partial charge in [0.1, 0.15) is 5.75 Å². The molecule has 0 aliphatic heterocycles. The lowest BCUT2D eigenvalue weighted by molar-refractivity contribution is 0.340. The average molecular weight is 256 g/mol. The van der Waals surface area contributed by atoms with Crippen LogP contribution in [0.15, 0.2) is 24.3 Å². The Labute approximate surface area is 103 Å². The summed E-state index contributed by atoms with van der Waals surface area (Å²) < 4.78 is 13.3. The molecule has 1 N–H and O–H groups in total. The van der Waals surface area contributed by atoms with Gasteiger partial charge < -0.3 is 10.1 Å². The highest BCUT2D eigenvalue weighted by Crippen LogP contribution is 2.25. The highest BCUT2D eigenvalue weighted by atomic mass is 35.5. The molecule has 2 rings (SSSR count). The number of nitrogens with zero attached hydrogens (tertiary/aromatic N) is 2. The lowest BCUT2D eigenvalue weighted by atomic mass is 10.3. The molecule has 84 valence electrons. The second-order valence-corrected chi connectivity index (χ2v) is 3.88. The normalized spacial score (nSPS) is 10.1. The summed E-state index contributed by atoms with van der Waals surface area (Å²) in [6.45, 7) is 2.59. The minimum absolute atomic E-state index is 0.381. The number of aromatic nitrogens is 2. The summed E-state index contributed by atoms with van der Waals surface area (Å²) >= 11 is 6.91. The number of hydrogen-bond donors (Lipinski definition) is 1. The van der Waals surface area contributed by atoms with E-state index in [4.69, 9.17) is 16.3 Å². The first-order valence-corrected chi connectivity index (χ1v) is 5.88. The molecule has 0 saturated heterocycles. The molecule has 0 fully saturated rings. The third kappa shape index (κ3) is 2.62. The van der Waals surface area contributed by atoms with E-state index in [9.17, 15) is 0 Å². The van der Waals surface area contributed by atoms with E-state index in [1.807, 2.05) is 31.2 Å². The van der Waals surface area contributed by atoms with Crippen LogP contribution in [0.4, 0.5) is 11.5 Å². The van der Waals surface area contributed by atoms with Gasteiger partial charge in [0.25, 0.3) is 0 Å². The third-order valence-electron chi connectivity index (χ3n) is 1.86. The first kappa shape index (κ1) is 11.2. The van der Waals surface area contributed by atoms with Gasteiger partial charge in [-0.3, -0.25) is 0 Å². The molecule has 4 nitrogen and oxygen atoms in total. The predicted octanol–water partition coefficient (Wildman–Crippen LogP) is 3.33. The molecule has 0 bridgehead atoms. The van der Waals surface area contributed by atoms with E-state index in [1.54, 1.807) is 0 Å². The number of halogens is 1. The Morgan fingerprint density at radius 1 is 1.44 bits per heavy atom. The van der Waals surface area contributed by atoms with Crippen molar-refractivity contribution in [1.82, 2.24) is 8.75 Å². The van der Waals surface area contributed by atoms with Crippen LogP contribution in [0.1, 0.15) is 6.92 Å². The molecular formula is C10H10ClN3OS. The summed E-state index contributed by atoms with van der Waals surface area (Å²) in [6.07, 6.45) is 0. The van der Waals surface area contributed by atoms with Crippen molar-refractivity contribution in [2.75, 3.05) is 11.9 Å². The maximum absolute atomic E-state index is 5.83. The van der Waals surface area contributed by atoms with Crippen molar-refractivity contribution in [3.05, 3.63) is 29.4 Å². The smallest absolute Gasteiger partial charge is 0.187 e. The van der Waals surface area contributed by atoms with Gasteiger partial charge in [0, 0.05) is 11.8 Å². The van der Waals surface area contributed by atoms with Gasteiger partial charge in [0.2, 0.25) is 0 Å². The highest BCUT2D eigenvalue weighted by Gasteiger charge is 2.05. The average Bonchev–Trinajstić information content (AvgIpc) is 2.66. The molecule has 1 aromatic heterocycles. The van der Waals surface area contributed by atoms with Crippen molar-refractivity contribution in [2.45, 2.75) is 6.92 Å². The van der Waals surface area contributed by atoms with Gasteiger partial charge in [-0.2, -0.15) is 8.75 Å². The number of ether oxygens (including phenoxy) is 1. The van der Waals surface area contributed by atoms with Crippen molar-refractivity contribution >= 4 is 34.8 Å². The van der Waals surface area contributed by atoms with Crippen molar-refractivity contribution in [3.63, 3.8) is 0 Å². The van der Waals surface area contributed by atoms with E-state index < -0.39 is 0 Å². The van der Waals surface area contributed by atoms with Crippen LogP contribution in [0.3, 0.4) is 0 Å². The zero-order valence-electron chi connectivity index (χ0n) is 8.61. The van der Waals surface area contributed by atoms with Crippen molar-refractivity contribution in [2.24, 2.45) is 0 Å². The second-order valence-electron chi connectivity index (χ2n) is 2.99. The molecular weight excluding hydrogens is 246 g/mol. The number of anilines is 2. The fourth-order valence-corrected chi connectivity index (χ4v) is 1.86. The lowest BCUT2D eigenvalue weighted by Gasteiger charge is -2.06. The standard InChI is InChI=1S/C10H10ClN3OS/c1-2-15-8-5-3-4-7(6-8)12-10-9(11)13-16-14-10/h3-6H,2H2,1H3,(H,12,14). The van der Waals surface area contributed by atoms with E-state index in [0.717, 1.165) is 23.2 Å². The first-order valence-electron chi connectivity index (χ1n) is 4.77. The SMILES string of the molecule is CCOc1cccc(Nc2nsnc2Cl)c1. The summed E-state index contributed by atoms with van der Waals surface area (Å²) in [5.74, 6) is 1.38. The van der Waals surface area contributed by atoms with Crippen LogP contribution in [0.5, 0.6) is 5.75 Å². The van der Waals surface area contributed by atoms with Gasteiger partial charge in [0.15, 0.2) is 11.0 Å². The van der Waals surface area contributed by atoms with Crippen LogP contribution >= 0.6 is 23.3 Å². The molecule has 0 amide bonds. The van der Waals surface area contributed by atoms with Crippen LogP contribution in [0, 0.1) is 0 Å². The minimum Gasteiger partial charge on any atom is -0.494 e. The van der Waals surface area contributed by atoms with Crippen LogP contribution in [0.2, 0.25) is 5.15 Å². The predicted molar refractivity (Wildman–Crippen MR) is 65.8 cm³/mol. The van der Waals surface area contributed by atoms with Gasteiger partial charge in [0.05, 0.1) is 18.3 Å². The molecule has 0 spiro atoms. The molecule has 1 aromatic carbocycles. The molecule has 16 heavy (non-hydrogen) atoms. The summed E-state index contributed by atoms with van der Waals surface area (Å²) in [6, 6.07) is 7.61. The van der Waals surface area contributed by atoms with Crippen LogP contribution in [-0.2, 0) is 0 Å². The fraction of sp³-hybridized carbons (Fsp3) is 0.200. The lowest BCUT2D eigenvalue weighted by Crippen LogP contribution is -1.94. The largest absolute Gasteiger partial charge is 0.494 e. The van der Waals surface area contributed by atoms with Crippen LogP contribution in [0.25, 0.3) is 0 Å². The van der Waals surface area contributed by atoms with Gasteiger partial charge in [-0.05, 0) is 19.1 Å². The molecule has 0 radical (unpaired) electrons. The van der Waals surface area contributed by atoms with Crippen molar-refractivity contribution < 1.29 is 4.74 Å². The zero-order chi connectivity index (χ0) is 11.4. The summed E-state index contributed by atoms with van der Waals surface area (Å²) in [7, 11) is 0. The summed E-state index contributed by atoms with van der Waals surface area (Å²) in [4.78, 5) is 0. The van der Waals surface area contributed by atoms with E-state index >= 15 is 0 Å². The van der Waals surface area contributed by atoms with E-state index in [0.29, 0.717) is 17.6 Å². The molecule has 6 heteroatoms. The molecule has 0 aliphatic carbocycles. The Kier molecular flexibility index (Phi) is 3.58. The monoisotopic (exact) mass is 255 g/mol. The second kappa shape index (κ2) is 5.14. The molecule has 0 unspecified atom stereocenters. The summed E-state index contributed by atoms with van der Waals surface area (Å²) in [5, 5.41) is 3.46. The minimum atomic E-state index is 0.381. The number of hydrogen-bond acceptors (Lipinski definition) is 5. The van der Waals surface area contributed by atoms with Crippen LogP contribution < -0.4 is 10.1 Å². The van der Waals surface area contributed by atoms with Gasteiger partial charge in [-0.1, -0.05) is 17.7 Å². The molecule has 0 saturated carbocycles. The number of nitrogens with one attached hydrogen (secondary N) is 1. The third-order valence-corrected chi connectivity index (χ3v) is 2.75. The quantitative estimate of drug-likeness (QED) is 0.910. The van der Waals surface area contributed by atoms with Gasteiger partial charge in [-0.15, -0.1) is 0 Å². The topological polar surface area (TPSA) is 47.0 Å². The van der Waals surface area contributed by atoms with Crippen molar-refractivity contribution in [1.29, 1.82) is 0 Å². The van der Waals surface area contributed by atoms with Gasteiger partial charge in [-0.25, -0.2) is 0 Å². The molecule has 2 aromatic rings. The highest BCUT2D eigenvalue weighted by molar-refractivity contribution is 6.99. The summed E-state index contributed by atoms with van der Waals surface area (Å²) in [5.41, 5.74) is 0.876. The molecule has 0 aliphatic rings. The van der Waals surface area contributed by atoms with Crippen molar-refractivity contribution in [3.8, 4) is 5.75 Å². The van der Waals surface area contributed by atoms with E-state index in [2.05, 4.69) is 14.1 Å². The number of rotatable bonds is 4. The molecule has 1 heterocycles. The maximum atomic E-state index is 5.83. The van der Waals surface area contributed by atoms with E-state index in [-0.39, 0.29) is 0 Å². The Hall–Kier alpha value is -1.33. The Bertz CT molecular complexity index is 475. The zero-order valence-corrected chi connectivity index (χ0v) is 10.2. The maximum Gasteiger partial charge on any atom is 0.187 e.